The molecule has 0 spiro atoms. The molecule has 0 radical (unpaired) electrons. The fourth-order valence-corrected chi connectivity index (χ4v) is 14.3. The number of esters is 3. The normalized spacial score (nSPS) is 14.5. The molecule has 5 unspecified atom stereocenters. The van der Waals surface area contributed by atoms with E-state index < -0.39 is 91.5 Å². The van der Waals surface area contributed by atoms with E-state index in [-0.39, 0.29) is 19.3 Å². The summed E-state index contributed by atoms with van der Waals surface area (Å²) in [7, 11) is -9.80. The zero-order valence-corrected chi connectivity index (χ0v) is 75.9. The van der Waals surface area contributed by atoms with Crippen molar-refractivity contribution < 1.29 is 75.8 Å². The number of hydrogen-bond acceptors (Lipinski definition) is 14. The van der Waals surface area contributed by atoms with Crippen molar-refractivity contribution in [1.29, 1.82) is 0 Å². The van der Waals surface area contributed by atoms with E-state index >= 15 is 0 Å². The number of aliphatic hydroxyl groups is 2. The van der Waals surface area contributed by atoms with Gasteiger partial charge in [-0.2, -0.15) is 0 Å². The van der Waals surface area contributed by atoms with E-state index in [2.05, 4.69) is 179 Å². The molecule has 0 saturated heterocycles. The third-order valence-electron chi connectivity index (χ3n) is 19.7. The maximum atomic E-state index is 13.0. The summed E-state index contributed by atoms with van der Waals surface area (Å²) in [6.45, 7) is 2.47. The fraction of sp³-hybridized carbons (Fsp3) is 0.707. The molecule has 0 amide bonds. The van der Waals surface area contributed by atoms with Crippen molar-refractivity contribution in [2.75, 3.05) is 39.6 Å². The van der Waals surface area contributed by atoms with Crippen LogP contribution < -0.4 is 0 Å². The molecule has 0 bridgehead atoms. The summed E-state index contributed by atoms with van der Waals surface area (Å²) in [5.41, 5.74) is 0. The summed E-state index contributed by atoms with van der Waals surface area (Å²) in [5, 5.41) is 20.7. The first kappa shape index (κ1) is 112. The van der Waals surface area contributed by atoms with Gasteiger partial charge in [0.2, 0.25) is 0 Å². The van der Waals surface area contributed by atoms with Gasteiger partial charge in [-0.3, -0.25) is 32.5 Å². The van der Waals surface area contributed by atoms with E-state index in [0.717, 1.165) is 161 Å². The van der Waals surface area contributed by atoms with E-state index in [1.165, 1.54) is 173 Å². The maximum absolute atomic E-state index is 13.0. The SMILES string of the molecule is CC/C=C\C/C=C\C/C=C\C/C=C\C/C=C\C/C=C\CCCCCCCCCCCCCCCCCCC(=O)OCC(O)COP(=O)(O)OCC(O)COP(=O)(O)OCC(COC(=O)CCCCCCCCCCCCCCCC/C=C\C/C=C\C/C=C\C/C=C\C/C=C\C/C=C\CC)OC(=O)CCCCCCC/C=C\CCCCCC. The standard InChI is InChI=1S/C99H170O16P2/c1-4-7-10-13-16-19-22-25-27-29-31-33-35-37-39-41-43-45-46-48-50-51-53-55-57-59-61-63-65-68-70-73-76-79-82-85-97(102)109-88-94(100)89-111-116(105,106)112-90-95(101)91-113-117(107,108)114-93-96(115-99(104)87-84-81-78-75-72-67-24-21-18-15-12-9-6-3)92-110-98(103)86-83-80-77-74-71-69-66-64-62-60-58-56-54-52-49-47-44-42-40-38-36-34-32-30-28-26-23-20-17-14-11-8-5-2/h7-8,10-11,16-17,19-21,24-28,31-34,37-40,43-45,47,94-96,100-101H,4-6,9,12-15,18,22-23,29-30,35-36,41-42,46,48-93H2,1-3H3,(H,105,106)(H,107,108)/b10-7-,11-8-,19-16-,20-17-,24-21-,27-25-,28-26-,33-31-,34-32-,39-37-,40-38-,45-43-,47-44-. The second kappa shape index (κ2) is 90.4. The van der Waals surface area contributed by atoms with Gasteiger partial charge in [0.05, 0.1) is 26.4 Å². The molecule has 672 valence electrons. The zero-order chi connectivity index (χ0) is 85.1. The molecular weight excluding hydrogens is 1510 g/mol. The van der Waals surface area contributed by atoms with Crippen molar-refractivity contribution in [3.05, 3.63) is 158 Å². The van der Waals surface area contributed by atoms with Gasteiger partial charge < -0.3 is 34.2 Å². The van der Waals surface area contributed by atoms with Crippen molar-refractivity contribution in [1.82, 2.24) is 0 Å². The minimum atomic E-state index is -4.94. The van der Waals surface area contributed by atoms with Crippen LogP contribution in [0.2, 0.25) is 0 Å². The third kappa shape index (κ3) is 91.7. The third-order valence-corrected chi connectivity index (χ3v) is 21.6. The molecule has 5 atom stereocenters. The van der Waals surface area contributed by atoms with E-state index in [9.17, 15) is 43.5 Å². The number of phosphoric ester groups is 2. The molecule has 0 aliphatic rings. The first-order valence-corrected chi connectivity index (χ1v) is 49.8. The van der Waals surface area contributed by atoms with Crippen LogP contribution in [0.25, 0.3) is 0 Å². The second-order valence-corrected chi connectivity index (χ2v) is 34.0. The predicted molar refractivity (Wildman–Crippen MR) is 491 cm³/mol. The predicted octanol–water partition coefficient (Wildman–Crippen LogP) is 28.9. The maximum Gasteiger partial charge on any atom is 0.472 e. The summed E-state index contributed by atoms with van der Waals surface area (Å²) >= 11 is 0. The Bertz CT molecular complexity index is 2760. The smallest absolute Gasteiger partial charge is 0.463 e. The lowest BCUT2D eigenvalue weighted by Crippen LogP contribution is -2.30. The Balaban J connectivity index is 4.38. The average molecular weight is 1680 g/mol. The fourth-order valence-electron chi connectivity index (χ4n) is 12.7. The number of aliphatic hydroxyl groups excluding tert-OH is 2. The van der Waals surface area contributed by atoms with Crippen LogP contribution in [0, 0.1) is 0 Å². The van der Waals surface area contributed by atoms with Gasteiger partial charge in [0, 0.05) is 19.3 Å². The van der Waals surface area contributed by atoms with Gasteiger partial charge in [-0.05, 0) is 148 Å². The van der Waals surface area contributed by atoms with Crippen LogP contribution in [-0.4, -0.2) is 95.9 Å². The lowest BCUT2D eigenvalue weighted by atomic mass is 10.0. The molecule has 0 aromatic heterocycles. The first-order valence-electron chi connectivity index (χ1n) is 46.8. The van der Waals surface area contributed by atoms with Gasteiger partial charge in [-0.1, -0.05) is 384 Å². The molecule has 117 heavy (non-hydrogen) atoms. The topological polar surface area (TPSA) is 231 Å². The van der Waals surface area contributed by atoms with Crippen molar-refractivity contribution in [3.63, 3.8) is 0 Å². The molecule has 0 saturated carbocycles. The number of carbonyl (C=O) groups is 3. The quantitative estimate of drug-likeness (QED) is 0.0146. The Hall–Kier alpha value is -4.83. The van der Waals surface area contributed by atoms with Crippen LogP contribution >= 0.6 is 15.6 Å². The lowest BCUT2D eigenvalue weighted by Gasteiger charge is -2.21. The average Bonchev–Trinajstić information content (AvgIpc) is 0.900. The summed E-state index contributed by atoms with van der Waals surface area (Å²) in [6, 6.07) is 0. The van der Waals surface area contributed by atoms with Gasteiger partial charge in [0.1, 0.15) is 25.4 Å². The number of phosphoric acid groups is 2. The van der Waals surface area contributed by atoms with Gasteiger partial charge in [-0.25, -0.2) is 9.13 Å². The van der Waals surface area contributed by atoms with Crippen LogP contribution in [0.4, 0.5) is 0 Å². The molecule has 16 nitrogen and oxygen atoms in total. The van der Waals surface area contributed by atoms with Gasteiger partial charge in [0.25, 0.3) is 0 Å². The minimum Gasteiger partial charge on any atom is -0.463 e. The van der Waals surface area contributed by atoms with Crippen molar-refractivity contribution in [2.24, 2.45) is 0 Å². The van der Waals surface area contributed by atoms with Crippen molar-refractivity contribution in [3.8, 4) is 0 Å². The number of rotatable bonds is 88. The highest BCUT2D eigenvalue weighted by atomic mass is 31.2. The van der Waals surface area contributed by atoms with Crippen molar-refractivity contribution >= 4 is 33.6 Å². The molecule has 0 rings (SSSR count). The number of hydrogen-bond donors (Lipinski definition) is 4. The Morgan fingerprint density at radius 3 is 0.726 bits per heavy atom. The molecule has 0 aromatic rings. The van der Waals surface area contributed by atoms with E-state index in [1.807, 2.05) is 0 Å². The molecule has 0 heterocycles. The van der Waals surface area contributed by atoms with Crippen LogP contribution in [0.5, 0.6) is 0 Å². The van der Waals surface area contributed by atoms with Crippen LogP contribution in [0.15, 0.2) is 158 Å². The van der Waals surface area contributed by atoms with E-state index in [1.54, 1.807) is 0 Å². The number of allylic oxidation sites excluding steroid dienone is 26. The van der Waals surface area contributed by atoms with Crippen LogP contribution in [-0.2, 0) is 55.8 Å². The van der Waals surface area contributed by atoms with Crippen molar-refractivity contribution in [2.45, 2.75) is 411 Å². The van der Waals surface area contributed by atoms with E-state index in [4.69, 9.17) is 32.3 Å². The number of ether oxygens (including phenoxy) is 3. The lowest BCUT2D eigenvalue weighted by molar-refractivity contribution is -0.161. The minimum absolute atomic E-state index is 0.0939. The highest BCUT2D eigenvalue weighted by Gasteiger charge is 2.29. The first-order chi connectivity index (χ1) is 57.2. The molecule has 4 N–H and O–H groups in total. The Morgan fingerprint density at radius 2 is 0.453 bits per heavy atom. The molecule has 0 aliphatic carbocycles. The second-order valence-electron chi connectivity index (χ2n) is 31.0. The summed E-state index contributed by atoms with van der Waals surface area (Å²) in [6.07, 6.45) is 116. The molecular formula is C99H170O16P2. The molecule has 18 heteroatoms. The van der Waals surface area contributed by atoms with E-state index in [0.29, 0.717) is 19.3 Å². The highest BCUT2D eigenvalue weighted by Crippen LogP contribution is 2.45. The summed E-state index contributed by atoms with van der Waals surface area (Å²) in [4.78, 5) is 58.9. The van der Waals surface area contributed by atoms with Gasteiger partial charge >= 0.3 is 33.6 Å². The molecule has 0 fully saturated rings. The Labute approximate surface area is 714 Å². The molecule has 0 aliphatic heterocycles. The Kier molecular flexibility index (Phi) is 86.7. The highest BCUT2D eigenvalue weighted by molar-refractivity contribution is 7.47. The summed E-state index contributed by atoms with van der Waals surface area (Å²) < 4.78 is 61.4. The molecule has 0 aromatic carbocycles. The zero-order valence-electron chi connectivity index (χ0n) is 74.1. The monoisotopic (exact) mass is 1680 g/mol. The van der Waals surface area contributed by atoms with Crippen LogP contribution in [0.3, 0.4) is 0 Å². The Morgan fingerprint density at radius 1 is 0.248 bits per heavy atom. The number of carbonyl (C=O) groups excluding carboxylic acids is 3. The van der Waals surface area contributed by atoms with Gasteiger partial charge in [-0.15, -0.1) is 0 Å². The van der Waals surface area contributed by atoms with Crippen LogP contribution in [0.1, 0.15) is 393 Å². The van der Waals surface area contributed by atoms with Gasteiger partial charge in [0.15, 0.2) is 6.10 Å². The summed E-state index contributed by atoms with van der Waals surface area (Å²) in [5.74, 6) is -1.57. The number of unbranched alkanes of at least 4 members (excludes halogenated alkanes) is 39. The largest absolute Gasteiger partial charge is 0.472 e.